The molecule has 0 atom stereocenters. The largest absolute Gasteiger partial charge is 0.438 e. The van der Waals surface area contributed by atoms with E-state index in [0.717, 1.165) is 11.6 Å². The van der Waals surface area contributed by atoms with Crippen LogP contribution in [0.15, 0.2) is 42.6 Å². The number of H-pyrrole nitrogens is 1. The topological polar surface area (TPSA) is 81.1 Å². The second-order valence-corrected chi connectivity index (χ2v) is 4.04. The third kappa shape index (κ3) is 2.16. The van der Waals surface area contributed by atoms with Crippen molar-refractivity contribution in [3.05, 3.63) is 58.5 Å². The fraction of sp³-hybridized carbons (Fsp3) is 0. The van der Waals surface area contributed by atoms with Crippen LogP contribution in [-0.2, 0) is 0 Å². The third-order valence-electron chi connectivity index (χ3n) is 2.71. The molecule has 0 amide bonds. The fourth-order valence-electron chi connectivity index (χ4n) is 1.79. The molecule has 2 aromatic heterocycles. The molecule has 3 aromatic rings. The molecule has 0 saturated heterocycles. The van der Waals surface area contributed by atoms with Crippen LogP contribution in [0, 0.1) is 15.9 Å². The molecule has 100 valence electrons. The van der Waals surface area contributed by atoms with E-state index >= 15 is 0 Å². The van der Waals surface area contributed by atoms with E-state index in [2.05, 4.69) is 9.97 Å². The zero-order valence-corrected chi connectivity index (χ0v) is 10.0. The first kappa shape index (κ1) is 12.1. The van der Waals surface area contributed by atoms with Crippen LogP contribution in [-0.4, -0.2) is 14.9 Å². The van der Waals surface area contributed by atoms with Crippen LogP contribution in [0.5, 0.6) is 11.6 Å². The molecule has 0 aliphatic carbocycles. The number of ether oxygens (including phenoxy) is 1. The molecule has 1 aromatic carbocycles. The number of benzene rings is 1. The molecule has 3 rings (SSSR count). The van der Waals surface area contributed by atoms with E-state index in [1.165, 1.54) is 12.1 Å². The average molecular weight is 273 g/mol. The minimum absolute atomic E-state index is 0.0952. The molecule has 1 N–H and O–H groups in total. The minimum Gasteiger partial charge on any atom is -0.438 e. The summed E-state index contributed by atoms with van der Waals surface area (Å²) in [7, 11) is 0. The summed E-state index contributed by atoms with van der Waals surface area (Å²) in [6.07, 6.45) is 1.63. The van der Waals surface area contributed by atoms with Gasteiger partial charge in [-0.3, -0.25) is 15.1 Å². The molecular weight excluding hydrogens is 265 g/mol. The van der Waals surface area contributed by atoms with Crippen molar-refractivity contribution in [3.8, 4) is 11.6 Å². The predicted octanol–water partition coefficient (Wildman–Crippen LogP) is 3.40. The van der Waals surface area contributed by atoms with Gasteiger partial charge in [0.05, 0.1) is 22.0 Å². The first-order valence-electron chi connectivity index (χ1n) is 5.69. The SMILES string of the molecule is O=[N+]([O-])c1ccc(Oc2cc3ncccc3[nH]2)c(F)c1. The molecule has 0 bridgehead atoms. The quantitative estimate of drug-likeness (QED) is 0.585. The van der Waals surface area contributed by atoms with Gasteiger partial charge in [-0.25, -0.2) is 4.39 Å². The highest BCUT2D eigenvalue weighted by Gasteiger charge is 2.13. The van der Waals surface area contributed by atoms with Gasteiger partial charge in [0, 0.05) is 18.3 Å². The molecule has 0 spiro atoms. The highest BCUT2D eigenvalue weighted by Crippen LogP contribution is 2.28. The molecule has 0 aliphatic rings. The maximum Gasteiger partial charge on any atom is 0.272 e. The Morgan fingerprint density at radius 3 is 2.85 bits per heavy atom. The van der Waals surface area contributed by atoms with Crippen LogP contribution in [0.2, 0.25) is 0 Å². The van der Waals surface area contributed by atoms with E-state index in [-0.39, 0.29) is 11.4 Å². The Balaban J connectivity index is 1.92. The Kier molecular flexibility index (Phi) is 2.79. The van der Waals surface area contributed by atoms with Crippen molar-refractivity contribution in [1.29, 1.82) is 0 Å². The number of halogens is 1. The molecule has 6 nitrogen and oxygen atoms in total. The predicted molar refractivity (Wildman–Crippen MR) is 69.2 cm³/mol. The lowest BCUT2D eigenvalue weighted by Crippen LogP contribution is -1.92. The maximum atomic E-state index is 13.7. The number of aromatic nitrogens is 2. The number of rotatable bonds is 3. The van der Waals surface area contributed by atoms with Crippen LogP contribution >= 0.6 is 0 Å². The van der Waals surface area contributed by atoms with Gasteiger partial charge in [0.2, 0.25) is 0 Å². The van der Waals surface area contributed by atoms with Gasteiger partial charge in [0.1, 0.15) is 0 Å². The number of nitro benzene ring substituents is 1. The molecule has 7 heteroatoms. The van der Waals surface area contributed by atoms with E-state index in [1.807, 2.05) is 0 Å². The molecule has 20 heavy (non-hydrogen) atoms. The Bertz CT molecular complexity index is 767. The van der Waals surface area contributed by atoms with Crippen LogP contribution in [0.3, 0.4) is 0 Å². The monoisotopic (exact) mass is 273 g/mol. The van der Waals surface area contributed by atoms with Gasteiger partial charge in [-0.1, -0.05) is 0 Å². The Morgan fingerprint density at radius 1 is 1.30 bits per heavy atom. The van der Waals surface area contributed by atoms with Gasteiger partial charge in [-0.2, -0.15) is 0 Å². The second-order valence-electron chi connectivity index (χ2n) is 4.04. The number of nitro groups is 1. The van der Waals surface area contributed by atoms with Crippen LogP contribution in [0.25, 0.3) is 11.0 Å². The van der Waals surface area contributed by atoms with Gasteiger partial charge < -0.3 is 9.72 Å². The summed E-state index contributed by atoms with van der Waals surface area (Å²) in [5.74, 6) is -0.584. The lowest BCUT2D eigenvalue weighted by molar-refractivity contribution is -0.385. The highest BCUT2D eigenvalue weighted by atomic mass is 19.1. The number of pyridine rings is 1. The van der Waals surface area contributed by atoms with E-state index in [1.54, 1.807) is 24.4 Å². The number of aromatic amines is 1. The van der Waals surface area contributed by atoms with Crippen LogP contribution in [0.1, 0.15) is 0 Å². The fourth-order valence-corrected chi connectivity index (χ4v) is 1.79. The van der Waals surface area contributed by atoms with E-state index in [4.69, 9.17) is 4.74 Å². The summed E-state index contributed by atoms with van der Waals surface area (Å²) < 4.78 is 19.0. The molecule has 0 fully saturated rings. The summed E-state index contributed by atoms with van der Waals surface area (Å²) in [5.41, 5.74) is 1.11. The number of hydrogen-bond acceptors (Lipinski definition) is 4. The molecule has 0 unspecified atom stereocenters. The molecule has 2 heterocycles. The van der Waals surface area contributed by atoms with E-state index < -0.39 is 10.7 Å². The Morgan fingerprint density at radius 2 is 2.15 bits per heavy atom. The van der Waals surface area contributed by atoms with Crippen LogP contribution in [0.4, 0.5) is 10.1 Å². The van der Waals surface area contributed by atoms with Crippen molar-refractivity contribution in [2.24, 2.45) is 0 Å². The number of fused-ring (bicyclic) bond motifs is 1. The van der Waals surface area contributed by atoms with Crippen molar-refractivity contribution in [3.63, 3.8) is 0 Å². The highest BCUT2D eigenvalue weighted by molar-refractivity contribution is 5.76. The first-order chi connectivity index (χ1) is 9.63. The van der Waals surface area contributed by atoms with Crippen molar-refractivity contribution in [2.75, 3.05) is 0 Å². The minimum atomic E-state index is -0.800. The van der Waals surface area contributed by atoms with Crippen molar-refractivity contribution in [2.45, 2.75) is 0 Å². The van der Waals surface area contributed by atoms with Gasteiger partial charge in [-0.05, 0) is 18.2 Å². The van der Waals surface area contributed by atoms with Crippen molar-refractivity contribution < 1.29 is 14.1 Å². The smallest absolute Gasteiger partial charge is 0.272 e. The van der Waals surface area contributed by atoms with Gasteiger partial charge in [0.15, 0.2) is 17.4 Å². The molecular formula is C13H8FN3O3. The third-order valence-corrected chi connectivity index (χ3v) is 2.71. The molecule has 0 radical (unpaired) electrons. The van der Waals surface area contributed by atoms with E-state index in [0.29, 0.717) is 11.4 Å². The maximum absolute atomic E-state index is 13.7. The molecule has 0 saturated carbocycles. The summed E-state index contributed by atoms with van der Waals surface area (Å²) in [5, 5.41) is 10.5. The van der Waals surface area contributed by atoms with Crippen molar-refractivity contribution in [1.82, 2.24) is 9.97 Å². The average Bonchev–Trinajstić information content (AvgIpc) is 2.83. The summed E-state index contributed by atoms with van der Waals surface area (Å²) in [6, 6.07) is 8.40. The number of hydrogen-bond donors (Lipinski definition) is 1. The summed E-state index contributed by atoms with van der Waals surface area (Å²) in [4.78, 5) is 16.9. The molecule has 0 aliphatic heterocycles. The Labute approximate surface area is 112 Å². The lowest BCUT2D eigenvalue weighted by Gasteiger charge is -2.03. The zero-order valence-electron chi connectivity index (χ0n) is 10.0. The first-order valence-corrected chi connectivity index (χ1v) is 5.69. The normalized spacial score (nSPS) is 10.7. The van der Waals surface area contributed by atoms with Gasteiger partial charge in [-0.15, -0.1) is 0 Å². The number of non-ortho nitro benzene ring substituents is 1. The number of nitrogens with zero attached hydrogens (tertiary/aromatic N) is 2. The Hall–Kier alpha value is -2.96. The number of nitrogens with one attached hydrogen (secondary N) is 1. The summed E-state index contributed by atoms with van der Waals surface area (Å²) in [6.45, 7) is 0. The van der Waals surface area contributed by atoms with Gasteiger partial charge in [0.25, 0.3) is 5.69 Å². The zero-order chi connectivity index (χ0) is 14.1. The van der Waals surface area contributed by atoms with Crippen LogP contribution < -0.4 is 4.74 Å². The lowest BCUT2D eigenvalue weighted by atomic mass is 10.3. The summed E-state index contributed by atoms with van der Waals surface area (Å²) >= 11 is 0. The standard InChI is InChI=1S/C13H8FN3O3/c14-9-6-8(17(18)19)3-4-12(9)20-13-7-11-10(16-13)2-1-5-15-11/h1-7,16H. The van der Waals surface area contributed by atoms with Gasteiger partial charge >= 0.3 is 0 Å². The van der Waals surface area contributed by atoms with Crippen molar-refractivity contribution >= 4 is 16.7 Å². The second kappa shape index (κ2) is 4.61. The van der Waals surface area contributed by atoms with E-state index in [9.17, 15) is 14.5 Å².